The van der Waals surface area contributed by atoms with E-state index in [9.17, 15) is 0 Å². The molecule has 0 aliphatic carbocycles. The molecule has 4 rings (SSSR count). The number of aromatic nitrogens is 1. The molecule has 0 amide bonds. The number of hydrogen-bond donors (Lipinski definition) is 0. The summed E-state index contributed by atoms with van der Waals surface area (Å²) in [6, 6.07) is 17.7. The van der Waals surface area contributed by atoms with E-state index >= 15 is 0 Å². The number of para-hydroxylation sites is 1. The monoisotopic (exact) mass is 507 g/mol. The van der Waals surface area contributed by atoms with Crippen LogP contribution in [0, 0.1) is 0 Å². The predicted molar refractivity (Wildman–Crippen MR) is 134 cm³/mol. The number of aliphatic imine (C=N–C) groups is 1. The fourth-order valence-corrected chi connectivity index (χ4v) is 3.92. The fraction of sp³-hybridized carbons (Fsp3) is 0.240. The molecule has 3 aromatic rings. The first-order valence-corrected chi connectivity index (χ1v) is 11.3. The number of nitrogens with zero attached hydrogens (tertiary/aromatic N) is 5. The second-order valence-corrected chi connectivity index (χ2v) is 8.78. The Balaban J connectivity index is 1.77. The maximum absolute atomic E-state index is 6.39. The molecule has 1 atom stereocenters. The van der Waals surface area contributed by atoms with E-state index < -0.39 is 6.23 Å². The number of hydrogen-bond acceptors (Lipinski definition) is 6. The predicted octanol–water partition coefficient (Wildman–Crippen LogP) is 5.36. The molecule has 0 radical (unpaired) electrons. The Kier molecular flexibility index (Phi) is 7.05. The summed E-state index contributed by atoms with van der Waals surface area (Å²) in [7, 11) is 5.75. The van der Waals surface area contributed by atoms with Crippen LogP contribution in [0.2, 0.25) is 0 Å². The molecule has 1 unspecified atom stereocenters. The summed E-state index contributed by atoms with van der Waals surface area (Å²) < 4.78 is 13.2. The normalized spacial score (nSPS) is 16.1. The number of ether oxygens (including phenoxy) is 2. The molecular formula is C25H26BrN5O2. The van der Waals surface area contributed by atoms with E-state index in [4.69, 9.17) is 19.6 Å². The molecule has 7 nitrogen and oxygen atoms in total. The molecule has 0 bridgehead atoms. The molecule has 1 aliphatic rings. The Morgan fingerprint density at radius 2 is 1.85 bits per heavy atom. The third-order valence-electron chi connectivity index (χ3n) is 5.10. The minimum atomic E-state index is -0.524. The van der Waals surface area contributed by atoms with Crippen LogP contribution in [-0.2, 0) is 11.3 Å². The van der Waals surface area contributed by atoms with Crippen molar-refractivity contribution in [2.24, 2.45) is 10.1 Å². The highest BCUT2D eigenvalue weighted by atomic mass is 79.9. The van der Waals surface area contributed by atoms with Gasteiger partial charge in [0.2, 0.25) is 12.1 Å². The highest BCUT2D eigenvalue weighted by Crippen LogP contribution is 2.38. The zero-order chi connectivity index (χ0) is 23.4. The minimum Gasteiger partial charge on any atom is -0.496 e. The van der Waals surface area contributed by atoms with Crippen LogP contribution in [-0.4, -0.2) is 47.8 Å². The fourth-order valence-electron chi connectivity index (χ4n) is 3.65. The van der Waals surface area contributed by atoms with Crippen molar-refractivity contribution in [3.8, 4) is 5.75 Å². The number of rotatable bonds is 6. The van der Waals surface area contributed by atoms with E-state index in [1.165, 1.54) is 0 Å². The lowest BCUT2D eigenvalue weighted by Gasteiger charge is -2.25. The first-order chi connectivity index (χ1) is 16.0. The Morgan fingerprint density at radius 1 is 1.12 bits per heavy atom. The highest BCUT2D eigenvalue weighted by Gasteiger charge is 2.35. The molecule has 1 aromatic heterocycles. The van der Waals surface area contributed by atoms with Gasteiger partial charge in [-0.25, -0.2) is 10.0 Å². The van der Waals surface area contributed by atoms with E-state index in [0.29, 0.717) is 11.7 Å². The molecule has 0 saturated carbocycles. The summed E-state index contributed by atoms with van der Waals surface area (Å²) in [5.41, 5.74) is 3.63. The molecule has 1 aliphatic heterocycles. The summed E-state index contributed by atoms with van der Waals surface area (Å²) >= 11 is 3.47. The van der Waals surface area contributed by atoms with Crippen LogP contribution in [0.15, 0.2) is 81.6 Å². The SMILES string of the molecule is COc1c(CN(C)C)cccc1C1OC(c2ccncc2)=NN1C(C)=Nc1ccc(Br)cc1. The van der Waals surface area contributed by atoms with Gasteiger partial charge in [0.25, 0.3) is 0 Å². The van der Waals surface area contributed by atoms with Gasteiger partial charge in [-0.05, 0) is 63.5 Å². The van der Waals surface area contributed by atoms with Crippen molar-refractivity contribution in [1.82, 2.24) is 14.9 Å². The van der Waals surface area contributed by atoms with Gasteiger partial charge in [0, 0.05) is 34.5 Å². The van der Waals surface area contributed by atoms with Gasteiger partial charge in [-0.1, -0.05) is 28.1 Å². The van der Waals surface area contributed by atoms with Gasteiger partial charge in [0.15, 0.2) is 0 Å². The Labute approximate surface area is 202 Å². The van der Waals surface area contributed by atoms with Crippen molar-refractivity contribution in [2.75, 3.05) is 21.2 Å². The molecule has 0 saturated heterocycles. The highest BCUT2D eigenvalue weighted by molar-refractivity contribution is 9.10. The van der Waals surface area contributed by atoms with Crippen molar-refractivity contribution in [3.05, 3.63) is 88.2 Å². The van der Waals surface area contributed by atoms with E-state index in [1.807, 2.05) is 69.6 Å². The lowest BCUT2D eigenvalue weighted by Crippen LogP contribution is -2.26. The maximum atomic E-state index is 6.39. The Hall–Kier alpha value is -3.23. The molecule has 170 valence electrons. The van der Waals surface area contributed by atoms with Gasteiger partial charge < -0.3 is 14.4 Å². The molecule has 0 N–H and O–H groups in total. The molecular weight excluding hydrogens is 482 g/mol. The van der Waals surface area contributed by atoms with Crippen LogP contribution in [0.1, 0.15) is 29.8 Å². The zero-order valence-corrected chi connectivity index (χ0v) is 20.7. The van der Waals surface area contributed by atoms with Gasteiger partial charge in [-0.15, -0.1) is 5.10 Å². The lowest BCUT2D eigenvalue weighted by atomic mass is 10.1. The second kappa shape index (κ2) is 10.1. The summed E-state index contributed by atoms with van der Waals surface area (Å²) in [5, 5.41) is 6.59. The topological polar surface area (TPSA) is 62.6 Å². The van der Waals surface area contributed by atoms with Gasteiger partial charge in [-0.2, -0.15) is 0 Å². The van der Waals surface area contributed by atoms with E-state index in [2.05, 4.69) is 31.9 Å². The summed E-state index contributed by atoms with van der Waals surface area (Å²) in [5.74, 6) is 1.99. The number of pyridine rings is 1. The van der Waals surface area contributed by atoms with Crippen molar-refractivity contribution >= 4 is 33.4 Å². The molecule has 8 heteroatoms. The van der Waals surface area contributed by atoms with Crippen molar-refractivity contribution < 1.29 is 9.47 Å². The van der Waals surface area contributed by atoms with Crippen LogP contribution in [0.3, 0.4) is 0 Å². The largest absolute Gasteiger partial charge is 0.496 e. The number of methoxy groups -OCH3 is 1. The van der Waals surface area contributed by atoms with Gasteiger partial charge in [0.05, 0.1) is 18.4 Å². The van der Waals surface area contributed by atoms with E-state index in [0.717, 1.165) is 39.1 Å². The van der Waals surface area contributed by atoms with Crippen molar-refractivity contribution in [1.29, 1.82) is 0 Å². The number of halogens is 1. The average Bonchev–Trinajstić information content (AvgIpc) is 3.26. The van der Waals surface area contributed by atoms with E-state index in [1.54, 1.807) is 24.5 Å². The average molecular weight is 508 g/mol. The van der Waals surface area contributed by atoms with Crippen LogP contribution >= 0.6 is 15.9 Å². The number of benzene rings is 2. The molecule has 2 heterocycles. The molecule has 0 fully saturated rings. The minimum absolute atomic E-state index is 0.507. The molecule has 2 aromatic carbocycles. The first-order valence-electron chi connectivity index (χ1n) is 10.5. The Morgan fingerprint density at radius 3 is 2.52 bits per heavy atom. The number of amidine groups is 1. The standard InChI is InChI=1S/C25H26BrN5O2/c1-17(28-21-10-8-20(26)9-11-21)31-25(33-24(29-31)18-12-14-27-15-13-18)22-7-5-6-19(16-30(2)3)23(22)32-4/h5-15,25H,16H2,1-4H3. The quantitative estimate of drug-likeness (QED) is 0.332. The third kappa shape index (κ3) is 5.23. The number of hydrazone groups is 1. The third-order valence-corrected chi connectivity index (χ3v) is 5.63. The molecule has 0 spiro atoms. The van der Waals surface area contributed by atoms with Crippen LogP contribution in [0.5, 0.6) is 5.75 Å². The summed E-state index contributed by atoms with van der Waals surface area (Å²) in [6.07, 6.45) is 2.92. The van der Waals surface area contributed by atoms with Crippen LogP contribution in [0.25, 0.3) is 0 Å². The first kappa shape index (κ1) is 22.9. The lowest BCUT2D eigenvalue weighted by molar-refractivity contribution is 0.107. The molecule has 33 heavy (non-hydrogen) atoms. The second-order valence-electron chi connectivity index (χ2n) is 7.87. The van der Waals surface area contributed by atoms with Crippen LogP contribution < -0.4 is 4.74 Å². The van der Waals surface area contributed by atoms with Crippen molar-refractivity contribution in [2.45, 2.75) is 19.7 Å². The summed E-state index contributed by atoms with van der Waals surface area (Å²) in [4.78, 5) is 11.0. The summed E-state index contributed by atoms with van der Waals surface area (Å²) in [6.45, 7) is 2.67. The smallest absolute Gasteiger partial charge is 0.241 e. The van der Waals surface area contributed by atoms with Gasteiger partial charge in [0.1, 0.15) is 11.6 Å². The zero-order valence-electron chi connectivity index (χ0n) is 19.1. The Bertz CT molecular complexity index is 1160. The van der Waals surface area contributed by atoms with Gasteiger partial charge >= 0.3 is 0 Å². The van der Waals surface area contributed by atoms with Crippen molar-refractivity contribution in [3.63, 3.8) is 0 Å². The van der Waals surface area contributed by atoms with E-state index in [-0.39, 0.29) is 0 Å². The van der Waals surface area contributed by atoms with Gasteiger partial charge in [-0.3, -0.25) is 4.98 Å². The van der Waals surface area contributed by atoms with Crippen LogP contribution in [0.4, 0.5) is 5.69 Å². The maximum Gasteiger partial charge on any atom is 0.241 e.